The average Bonchev–Trinajstić information content (AvgIpc) is 2.66. The highest BCUT2D eigenvalue weighted by molar-refractivity contribution is 7.19. The van der Waals surface area contributed by atoms with E-state index >= 15 is 0 Å². The highest BCUT2D eigenvalue weighted by Crippen LogP contribution is 2.37. The Hall–Kier alpha value is -1.61. The molecule has 0 saturated heterocycles. The summed E-state index contributed by atoms with van der Waals surface area (Å²) in [5.74, 6) is -0.791. The minimum absolute atomic E-state index is 0.524. The number of fused-ring (bicyclic) bond motifs is 3. The lowest BCUT2D eigenvalue weighted by Gasteiger charge is -2.09. The molecule has 1 aromatic carbocycles. The van der Waals surface area contributed by atoms with Crippen LogP contribution in [-0.4, -0.2) is 11.1 Å². The first-order chi connectivity index (χ1) is 7.75. The quantitative estimate of drug-likeness (QED) is 0.816. The van der Waals surface area contributed by atoms with Gasteiger partial charge in [0.15, 0.2) is 0 Å². The van der Waals surface area contributed by atoms with Crippen molar-refractivity contribution in [2.24, 2.45) is 0 Å². The summed E-state index contributed by atoms with van der Waals surface area (Å²) in [7, 11) is 0. The Morgan fingerprint density at radius 1 is 1.25 bits per heavy atom. The molecule has 2 aromatic rings. The van der Waals surface area contributed by atoms with Crippen LogP contribution in [0.15, 0.2) is 29.8 Å². The molecule has 1 N–H and O–H groups in total. The lowest BCUT2D eigenvalue weighted by molar-refractivity contribution is -0.132. The van der Waals surface area contributed by atoms with Crippen LogP contribution in [0.4, 0.5) is 0 Å². The number of thiophene rings is 1. The van der Waals surface area contributed by atoms with Gasteiger partial charge in [-0.2, -0.15) is 0 Å². The maximum absolute atomic E-state index is 11.0. The van der Waals surface area contributed by atoms with E-state index in [2.05, 4.69) is 12.1 Å². The predicted molar refractivity (Wildman–Crippen MR) is 65.8 cm³/mol. The second-order valence-corrected chi connectivity index (χ2v) is 5.05. The lowest BCUT2D eigenvalue weighted by Crippen LogP contribution is -2.05. The molecule has 0 unspecified atom stereocenters. The molecule has 80 valence electrons. The van der Waals surface area contributed by atoms with Crippen LogP contribution in [0.2, 0.25) is 0 Å². The normalized spacial score (nSPS) is 14.6. The molecule has 0 fully saturated rings. The maximum Gasteiger partial charge on any atom is 0.331 e. The molecule has 0 aliphatic heterocycles. The van der Waals surface area contributed by atoms with E-state index in [1.807, 2.05) is 18.2 Å². The van der Waals surface area contributed by atoms with E-state index in [1.165, 1.54) is 15.0 Å². The van der Waals surface area contributed by atoms with Crippen molar-refractivity contribution in [1.29, 1.82) is 0 Å². The zero-order valence-electron chi connectivity index (χ0n) is 8.56. The highest BCUT2D eigenvalue weighted by atomic mass is 32.1. The van der Waals surface area contributed by atoms with Crippen LogP contribution in [0.25, 0.3) is 16.2 Å². The second kappa shape index (κ2) is 3.46. The molecule has 1 aromatic heterocycles. The summed E-state index contributed by atoms with van der Waals surface area (Å²) < 4.78 is 1.25. The van der Waals surface area contributed by atoms with Gasteiger partial charge in [0.1, 0.15) is 0 Å². The molecule has 1 aliphatic carbocycles. The van der Waals surface area contributed by atoms with Crippen LogP contribution in [0.3, 0.4) is 0 Å². The number of benzene rings is 1. The van der Waals surface area contributed by atoms with Gasteiger partial charge in [0.25, 0.3) is 0 Å². The number of hydrogen-bond donors (Lipinski definition) is 1. The zero-order valence-corrected chi connectivity index (χ0v) is 9.38. The summed E-state index contributed by atoms with van der Waals surface area (Å²) in [6, 6.07) is 8.17. The fourth-order valence-corrected chi connectivity index (χ4v) is 3.31. The van der Waals surface area contributed by atoms with Gasteiger partial charge in [0.2, 0.25) is 0 Å². The molecule has 0 atom stereocenters. The summed E-state index contributed by atoms with van der Waals surface area (Å²) >= 11 is 1.78. The first-order valence-electron chi connectivity index (χ1n) is 5.20. The summed E-state index contributed by atoms with van der Waals surface area (Å²) in [5, 5.41) is 10.2. The van der Waals surface area contributed by atoms with Gasteiger partial charge in [-0.3, -0.25) is 0 Å². The van der Waals surface area contributed by atoms with Crippen molar-refractivity contribution in [3.05, 3.63) is 40.3 Å². The van der Waals surface area contributed by atoms with E-state index in [0.717, 1.165) is 12.0 Å². The van der Waals surface area contributed by atoms with Crippen LogP contribution < -0.4 is 0 Å². The van der Waals surface area contributed by atoms with E-state index in [-0.39, 0.29) is 0 Å². The molecule has 16 heavy (non-hydrogen) atoms. The molecule has 3 rings (SSSR count). The molecular weight excluding hydrogens is 220 g/mol. The largest absolute Gasteiger partial charge is 0.478 e. The monoisotopic (exact) mass is 230 g/mol. The van der Waals surface area contributed by atoms with Crippen molar-refractivity contribution in [2.75, 3.05) is 0 Å². The number of aliphatic carboxylic acids is 1. The Labute approximate surface area is 96.8 Å². The van der Waals surface area contributed by atoms with E-state index < -0.39 is 5.97 Å². The number of carboxylic acid groups (broad SMARTS) is 1. The van der Waals surface area contributed by atoms with Crippen molar-refractivity contribution in [1.82, 2.24) is 0 Å². The Morgan fingerprint density at radius 2 is 2.06 bits per heavy atom. The van der Waals surface area contributed by atoms with Gasteiger partial charge in [-0.25, -0.2) is 4.79 Å². The molecule has 0 bridgehead atoms. The van der Waals surface area contributed by atoms with Crippen molar-refractivity contribution in [3.63, 3.8) is 0 Å². The first-order valence-corrected chi connectivity index (χ1v) is 6.01. The number of aryl methyl sites for hydroxylation is 1. The van der Waals surface area contributed by atoms with E-state index in [0.29, 0.717) is 12.0 Å². The minimum atomic E-state index is -0.791. The third-order valence-electron chi connectivity index (χ3n) is 2.93. The third-order valence-corrected chi connectivity index (χ3v) is 4.17. The van der Waals surface area contributed by atoms with Crippen LogP contribution >= 0.6 is 11.3 Å². The van der Waals surface area contributed by atoms with Crippen molar-refractivity contribution >= 4 is 33.5 Å². The van der Waals surface area contributed by atoms with Crippen LogP contribution in [0.1, 0.15) is 16.9 Å². The number of carbonyl (C=O) groups is 1. The number of carboxylic acids is 1. The first kappa shape index (κ1) is 9.60. The van der Waals surface area contributed by atoms with E-state index in [1.54, 1.807) is 11.3 Å². The maximum atomic E-state index is 11.0. The fourth-order valence-electron chi connectivity index (χ4n) is 2.12. The Kier molecular flexibility index (Phi) is 2.07. The van der Waals surface area contributed by atoms with E-state index in [9.17, 15) is 4.79 Å². The SMILES string of the molecule is O=C(O)C1=Cc2c(sc3ccccc23)CC1. The zero-order chi connectivity index (χ0) is 11.1. The van der Waals surface area contributed by atoms with Crippen molar-refractivity contribution in [2.45, 2.75) is 12.8 Å². The van der Waals surface area contributed by atoms with Crippen LogP contribution in [0, 0.1) is 0 Å². The molecule has 0 radical (unpaired) electrons. The van der Waals surface area contributed by atoms with Gasteiger partial charge < -0.3 is 5.11 Å². The second-order valence-electron chi connectivity index (χ2n) is 3.91. The van der Waals surface area contributed by atoms with Gasteiger partial charge in [-0.15, -0.1) is 11.3 Å². The van der Waals surface area contributed by atoms with Crippen molar-refractivity contribution < 1.29 is 9.90 Å². The molecule has 1 heterocycles. The highest BCUT2D eigenvalue weighted by Gasteiger charge is 2.18. The third kappa shape index (κ3) is 1.36. The smallest absolute Gasteiger partial charge is 0.331 e. The number of hydrogen-bond acceptors (Lipinski definition) is 2. The van der Waals surface area contributed by atoms with Crippen LogP contribution in [0.5, 0.6) is 0 Å². The standard InChI is InChI=1S/C13H10O2S/c14-13(15)8-5-6-12-10(7-8)9-3-1-2-4-11(9)16-12/h1-4,7H,5-6H2,(H,14,15). The van der Waals surface area contributed by atoms with Crippen LogP contribution in [-0.2, 0) is 11.2 Å². The Balaban J connectivity index is 2.26. The molecule has 1 aliphatic rings. The lowest BCUT2D eigenvalue weighted by atomic mass is 9.97. The molecule has 0 amide bonds. The molecule has 0 saturated carbocycles. The summed E-state index contributed by atoms with van der Waals surface area (Å²) in [5.41, 5.74) is 1.64. The summed E-state index contributed by atoms with van der Waals surface area (Å²) in [4.78, 5) is 12.3. The minimum Gasteiger partial charge on any atom is -0.478 e. The average molecular weight is 230 g/mol. The van der Waals surface area contributed by atoms with Crippen molar-refractivity contribution in [3.8, 4) is 0 Å². The van der Waals surface area contributed by atoms with Gasteiger partial charge in [0, 0.05) is 15.2 Å². The topological polar surface area (TPSA) is 37.3 Å². The van der Waals surface area contributed by atoms with E-state index in [4.69, 9.17) is 5.11 Å². The predicted octanol–water partition coefficient (Wildman–Crippen LogP) is 3.32. The molecular formula is C13H10O2S. The van der Waals surface area contributed by atoms with Gasteiger partial charge in [-0.05, 0) is 35.9 Å². The summed E-state index contributed by atoms with van der Waals surface area (Å²) in [6.07, 6.45) is 3.34. The Morgan fingerprint density at radius 3 is 2.88 bits per heavy atom. The molecule has 0 spiro atoms. The molecule has 3 heteroatoms. The Bertz CT molecular complexity index is 607. The van der Waals surface area contributed by atoms with Gasteiger partial charge in [0.05, 0.1) is 0 Å². The van der Waals surface area contributed by atoms with Gasteiger partial charge >= 0.3 is 5.97 Å². The van der Waals surface area contributed by atoms with Gasteiger partial charge in [-0.1, -0.05) is 18.2 Å². The summed E-state index contributed by atoms with van der Waals surface area (Å²) in [6.45, 7) is 0. The molecule has 2 nitrogen and oxygen atoms in total. The fraction of sp³-hybridized carbons (Fsp3) is 0.154. The number of rotatable bonds is 1.